The summed E-state index contributed by atoms with van der Waals surface area (Å²) in [6, 6.07) is 0. The van der Waals surface area contributed by atoms with Gasteiger partial charge in [0.2, 0.25) is 0 Å². The summed E-state index contributed by atoms with van der Waals surface area (Å²) in [5.41, 5.74) is 0. The average molecular weight is 216 g/mol. The molecule has 0 saturated heterocycles. The third kappa shape index (κ3) is 2.99. The molecule has 0 aromatic carbocycles. The summed E-state index contributed by atoms with van der Waals surface area (Å²) in [6.07, 6.45) is 6.25. The zero-order valence-corrected chi connectivity index (χ0v) is 9.94. The minimum absolute atomic E-state index is 0.147. The monoisotopic (exact) mass is 216 g/mol. The van der Waals surface area contributed by atoms with E-state index in [9.17, 15) is 9.35 Å². The lowest BCUT2D eigenvalue weighted by molar-refractivity contribution is -0.118. The van der Waals surface area contributed by atoms with Gasteiger partial charge >= 0.3 is 0 Å². The van der Waals surface area contributed by atoms with Crippen molar-refractivity contribution < 1.29 is 9.35 Å². The lowest BCUT2D eigenvalue weighted by Crippen LogP contribution is -2.36. The molecule has 14 heavy (non-hydrogen) atoms. The fourth-order valence-corrected chi connectivity index (χ4v) is 3.80. The fraction of sp³-hybridized carbons (Fsp3) is 0.909. The second-order valence-electron chi connectivity index (χ2n) is 4.05. The second-order valence-corrected chi connectivity index (χ2v) is 6.08. The lowest BCUT2D eigenvalue weighted by atomic mass is 10.0. The third-order valence-electron chi connectivity index (χ3n) is 3.03. The highest BCUT2D eigenvalue weighted by Gasteiger charge is 2.32. The SMILES string of the molecule is CCC(=O)C(C)[S+]([O-])C1CCCCC1. The Balaban J connectivity index is 2.45. The van der Waals surface area contributed by atoms with Crippen LogP contribution in [0.5, 0.6) is 0 Å². The molecule has 1 rings (SSSR count). The van der Waals surface area contributed by atoms with E-state index in [0.29, 0.717) is 6.42 Å². The first kappa shape index (κ1) is 12.1. The van der Waals surface area contributed by atoms with E-state index in [-0.39, 0.29) is 16.3 Å². The van der Waals surface area contributed by atoms with Gasteiger partial charge in [-0.15, -0.1) is 0 Å². The van der Waals surface area contributed by atoms with Gasteiger partial charge in [0, 0.05) is 6.42 Å². The van der Waals surface area contributed by atoms with Crippen molar-refractivity contribution in [3.8, 4) is 0 Å². The Morgan fingerprint density at radius 2 is 2.00 bits per heavy atom. The first-order valence-electron chi connectivity index (χ1n) is 5.59. The van der Waals surface area contributed by atoms with Crippen molar-refractivity contribution in [1.29, 1.82) is 0 Å². The van der Waals surface area contributed by atoms with E-state index in [1.165, 1.54) is 19.3 Å². The predicted molar refractivity (Wildman–Crippen MR) is 59.8 cm³/mol. The molecule has 0 bridgehead atoms. The van der Waals surface area contributed by atoms with Crippen molar-refractivity contribution in [2.45, 2.75) is 62.9 Å². The quantitative estimate of drug-likeness (QED) is 0.677. The van der Waals surface area contributed by atoms with Crippen molar-refractivity contribution in [3.63, 3.8) is 0 Å². The third-order valence-corrected chi connectivity index (χ3v) is 5.12. The predicted octanol–water partition coefficient (Wildman–Crippen LogP) is 2.44. The largest absolute Gasteiger partial charge is 0.616 e. The molecule has 2 atom stereocenters. The minimum atomic E-state index is -0.931. The highest BCUT2D eigenvalue weighted by atomic mass is 32.2. The van der Waals surface area contributed by atoms with Gasteiger partial charge in [0.1, 0.15) is 5.25 Å². The summed E-state index contributed by atoms with van der Waals surface area (Å²) in [5, 5.41) is 0.0392. The molecule has 2 unspecified atom stereocenters. The van der Waals surface area contributed by atoms with Crippen molar-refractivity contribution in [2.24, 2.45) is 0 Å². The molecule has 1 aliphatic carbocycles. The highest BCUT2D eigenvalue weighted by molar-refractivity contribution is 7.93. The minimum Gasteiger partial charge on any atom is -0.616 e. The molecule has 1 aliphatic rings. The maximum Gasteiger partial charge on any atom is 0.184 e. The van der Waals surface area contributed by atoms with E-state index in [4.69, 9.17) is 0 Å². The second kappa shape index (κ2) is 5.76. The maximum absolute atomic E-state index is 12.0. The number of carbonyl (C=O) groups excluding carboxylic acids is 1. The molecule has 3 heteroatoms. The smallest absolute Gasteiger partial charge is 0.184 e. The summed E-state index contributed by atoms with van der Waals surface area (Å²) >= 11 is -0.931. The van der Waals surface area contributed by atoms with Crippen LogP contribution in [0.1, 0.15) is 52.4 Å². The van der Waals surface area contributed by atoms with E-state index in [0.717, 1.165) is 12.8 Å². The Kier molecular flexibility index (Phi) is 4.96. The van der Waals surface area contributed by atoms with Crippen molar-refractivity contribution in [2.75, 3.05) is 0 Å². The van der Waals surface area contributed by atoms with Crippen LogP contribution in [-0.2, 0) is 16.0 Å². The number of hydrogen-bond acceptors (Lipinski definition) is 2. The van der Waals surface area contributed by atoms with Crippen LogP contribution in [0.2, 0.25) is 0 Å². The lowest BCUT2D eigenvalue weighted by Gasteiger charge is -2.28. The molecule has 0 spiro atoms. The number of ketones is 1. The molecule has 0 aliphatic heterocycles. The van der Waals surface area contributed by atoms with Gasteiger partial charge in [-0.3, -0.25) is 4.79 Å². The first-order chi connectivity index (χ1) is 6.66. The number of hydrogen-bond donors (Lipinski definition) is 0. The Morgan fingerprint density at radius 3 is 2.50 bits per heavy atom. The molecule has 0 N–H and O–H groups in total. The molecule has 0 heterocycles. The molecular weight excluding hydrogens is 196 g/mol. The molecular formula is C11H20O2S. The van der Waals surface area contributed by atoms with Gasteiger partial charge < -0.3 is 4.55 Å². The number of rotatable bonds is 4. The molecule has 0 aromatic heterocycles. The molecule has 0 radical (unpaired) electrons. The summed E-state index contributed by atoms with van der Waals surface area (Å²) in [4.78, 5) is 11.4. The molecule has 0 amide bonds. The number of carbonyl (C=O) groups is 1. The van der Waals surface area contributed by atoms with Crippen LogP contribution in [0.15, 0.2) is 0 Å². The maximum atomic E-state index is 12.0. The van der Waals surface area contributed by atoms with Gasteiger partial charge in [0.15, 0.2) is 11.0 Å². The van der Waals surface area contributed by atoms with Gasteiger partial charge in [-0.2, -0.15) is 0 Å². The molecule has 82 valence electrons. The topological polar surface area (TPSA) is 40.1 Å². The van der Waals surface area contributed by atoms with Crippen LogP contribution in [0, 0.1) is 0 Å². The summed E-state index contributed by atoms with van der Waals surface area (Å²) in [5.74, 6) is 0.147. The summed E-state index contributed by atoms with van der Waals surface area (Å²) in [6.45, 7) is 3.66. The van der Waals surface area contributed by atoms with E-state index in [2.05, 4.69) is 0 Å². The average Bonchev–Trinajstić information content (AvgIpc) is 2.27. The van der Waals surface area contributed by atoms with Gasteiger partial charge in [0.25, 0.3) is 0 Å². The van der Waals surface area contributed by atoms with Crippen LogP contribution < -0.4 is 0 Å². The van der Waals surface area contributed by atoms with E-state index < -0.39 is 11.2 Å². The molecule has 1 saturated carbocycles. The fourth-order valence-electron chi connectivity index (χ4n) is 2.00. The van der Waals surface area contributed by atoms with Crippen LogP contribution in [0.25, 0.3) is 0 Å². The Bertz CT molecular complexity index is 188. The standard InChI is InChI=1S/C11H20O2S/c1-3-11(12)9(2)14(13)10-7-5-4-6-8-10/h9-10H,3-8H2,1-2H3. The zero-order chi connectivity index (χ0) is 10.6. The normalized spacial score (nSPS) is 23.1. The number of Topliss-reactive ketones (excluding diaryl/α,β-unsaturated/α-hetero) is 1. The van der Waals surface area contributed by atoms with E-state index >= 15 is 0 Å². The highest BCUT2D eigenvalue weighted by Crippen LogP contribution is 2.26. The van der Waals surface area contributed by atoms with Gasteiger partial charge in [-0.1, -0.05) is 13.3 Å². The van der Waals surface area contributed by atoms with E-state index in [1.54, 1.807) is 0 Å². The Morgan fingerprint density at radius 1 is 1.43 bits per heavy atom. The summed E-state index contributed by atoms with van der Waals surface area (Å²) in [7, 11) is 0. The van der Waals surface area contributed by atoms with Crippen molar-refractivity contribution >= 4 is 17.0 Å². The van der Waals surface area contributed by atoms with Gasteiger partial charge in [0.05, 0.1) is 0 Å². The van der Waals surface area contributed by atoms with Crippen molar-refractivity contribution in [1.82, 2.24) is 0 Å². The van der Waals surface area contributed by atoms with Crippen LogP contribution in [0.4, 0.5) is 0 Å². The first-order valence-corrected chi connectivity index (χ1v) is 6.86. The summed E-state index contributed by atoms with van der Waals surface area (Å²) < 4.78 is 12.0. The van der Waals surface area contributed by atoms with Crippen molar-refractivity contribution in [3.05, 3.63) is 0 Å². The van der Waals surface area contributed by atoms with Crippen LogP contribution >= 0.6 is 0 Å². The molecule has 0 aromatic rings. The van der Waals surface area contributed by atoms with Crippen LogP contribution in [-0.4, -0.2) is 20.8 Å². The Hall–Kier alpha value is -0.0200. The zero-order valence-electron chi connectivity index (χ0n) is 9.12. The van der Waals surface area contributed by atoms with Crippen LogP contribution in [0.3, 0.4) is 0 Å². The van der Waals surface area contributed by atoms with Gasteiger partial charge in [-0.05, 0) is 43.8 Å². The molecule has 2 nitrogen and oxygen atoms in total. The van der Waals surface area contributed by atoms with Gasteiger partial charge in [-0.25, -0.2) is 0 Å². The Labute approximate surface area is 89.6 Å². The van der Waals surface area contributed by atoms with E-state index in [1.807, 2.05) is 13.8 Å². The molecule has 1 fully saturated rings.